The van der Waals surface area contributed by atoms with Gasteiger partial charge in [-0.05, 0) is 33.1 Å². The summed E-state index contributed by atoms with van der Waals surface area (Å²) < 4.78 is 2.24. The van der Waals surface area contributed by atoms with E-state index in [0.717, 1.165) is 23.1 Å². The van der Waals surface area contributed by atoms with Gasteiger partial charge in [0.15, 0.2) is 4.96 Å². The van der Waals surface area contributed by atoms with Crippen molar-refractivity contribution in [1.29, 1.82) is 0 Å². The fourth-order valence-electron chi connectivity index (χ4n) is 2.53. The molecule has 1 fully saturated rings. The maximum Gasteiger partial charge on any atom is 0.194 e. The summed E-state index contributed by atoms with van der Waals surface area (Å²) in [5.74, 6) is 0.988. The van der Waals surface area contributed by atoms with Gasteiger partial charge in [0, 0.05) is 23.7 Å². The number of rotatable bonds is 5. The molecule has 2 aromatic heterocycles. The van der Waals surface area contributed by atoms with Crippen molar-refractivity contribution in [1.82, 2.24) is 14.7 Å². The van der Waals surface area contributed by atoms with Gasteiger partial charge in [-0.3, -0.25) is 4.40 Å². The van der Waals surface area contributed by atoms with Gasteiger partial charge in [0.2, 0.25) is 0 Å². The molecule has 1 unspecified atom stereocenters. The lowest BCUT2D eigenvalue weighted by atomic mass is 10.1. The van der Waals surface area contributed by atoms with E-state index in [-0.39, 0.29) is 0 Å². The highest BCUT2D eigenvalue weighted by atomic mass is 32.1. The van der Waals surface area contributed by atoms with Crippen molar-refractivity contribution in [2.45, 2.75) is 52.6 Å². The molecule has 0 bridgehead atoms. The van der Waals surface area contributed by atoms with E-state index in [1.807, 2.05) is 0 Å². The maximum atomic E-state index is 4.63. The molecule has 0 spiro atoms. The summed E-state index contributed by atoms with van der Waals surface area (Å²) in [7, 11) is 0. The Bertz CT molecular complexity index is 551. The molecule has 1 N–H and O–H groups in total. The minimum absolute atomic E-state index is 0.613. The number of hydrogen-bond acceptors (Lipinski definition) is 3. The Kier molecular flexibility index (Phi) is 3.16. The lowest BCUT2D eigenvalue weighted by Crippen LogP contribution is -2.26. The fraction of sp³-hybridized carbons (Fsp3) is 0.643. The molecule has 2 aromatic rings. The third kappa shape index (κ3) is 2.45. The van der Waals surface area contributed by atoms with E-state index in [2.05, 4.69) is 41.7 Å². The maximum absolute atomic E-state index is 4.63. The topological polar surface area (TPSA) is 29.3 Å². The summed E-state index contributed by atoms with van der Waals surface area (Å²) in [5, 5.41) is 3.64. The first-order valence-electron chi connectivity index (χ1n) is 6.81. The molecule has 2 heterocycles. The molecular weight excluding hydrogens is 242 g/mol. The predicted octanol–water partition coefficient (Wildman–Crippen LogP) is 3.29. The van der Waals surface area contributed by atoms with Crippen LogP contribution in [0, 0.1) is 19.8 Å². The van der Waals surface area contributed by atoms with Crippen molar-refractivity contribution in [2.75, 3.05) is 0 Å². The Morgan fingerprint density at radius 3 is 3.00 bits per heavy atom. The zero-order valence-corrected chi connectivity index (χ0v) is 12.2. The quantitative estimate of drug-likeness (QED) is 0.897. The van der Waals surface area contributed by atoms with E-state index in [0.29, 0.717) is 6.04 Å². The van der Waals surface area contributed by atoms with Crippen LogP contribution in [0.2, 0.25) is 0 Å². The van der Waals surface area contributed by atoms with Crippen molar-refractivity contribution in [3.05, 3.63) is 22.5 Å². The second-order valence-corrected chi connectivity index (χ2v) is 6.81. The molecule has 0 radical (unpaired) electrons. The summed E-state index contributed by atoms with van der Waals surface area (Å²) >= 11 is 1.77. The van der Waals surface area contributed by atoms with E-state index in [1.165, 1.54) is 29.8 Å². The second-order valence-electron chi connectivity index (χ2n) is 5.60. The van der Waals surface area contributed by atoms with E-state index in [1.54, 1.807) is 11.3 Å². The number of imidazole rings is 1. The van der Waals surface area contributed by atoms with E-state index in [9.17, 15) is 0 Å². The van der Waals surface area contributed by atoms with Crippen LogP contribution in [-0.2, 0) is 6.54 Å². The molecule has 0 saturated heterocycles. The Labute approximate surface area is 112 Å². The Morgan fingerprint density at radius 2 is 2.28 bits per heavy atom. The third-order valence-corrected chi connectivity index (χ3v) is 4.64. The van der Waals surface area contributed by atoms with Gasteiger partial charge >= 0.3 is 0 Å². The highest BCUT2D eigenvalue weighted by Gasteiger charge is 2.23. The Morgan fingerprint density at radius 1 is 1.50 bits per heavy atom. The van der Waals surface area contributed by atoms with Crippen LogP contribution in [0.3, 0.4) is 0 Å². The molecule has 3 rings (SSSR count). The highest BCUT2D eigenvalue weighted by Crippen LogP contribution is 2.33. The first-order chi connectivity index (χ1) is 8.63. The van der Waals surface area contributed by atoms with E-state index < -0.39 is 0 Å². The minimum Gasteiger partial charge on any atom is -0.309 e. The van der Waals surface area contributed by atoms with Crippen LogP contribution in [0.15, 0.2) is 6.20 Å². The molecule has 1 atom stereocenters. The van der Waals surface area contributed by atoms with Gasteiger partial charge in [0.05, 0.1) is 11.4 Å². The predicted molar refractivity (Wildman–Crippen MR) is 76.2 cm³/mol. The lowest BCUT2D eigenvalue weighted by Gasteiger charge is -2.13. The average Bonchev–Trinajstić information content (AvgIpc) is 2.96. The number of hydrogen-bond donors (Lipinski definition) is 1. The zero-order valence-electron chi connectivity index (χ0n) is 11.4. The summed E-state index contributed by atoms with van der Waals surface area (Å²) in [4.78, 5) is 7.07. The first-order valence-corrected chi connectivity index (χ1v) is 7.62. The first kappa shape index (κ1) is 12.2. The fourth-order valence-corrected chi connectivity index (χ4v) is 3.42. The van der Waals surface area contributed by atoms with Gasteiger partial charge in [-0.1, -0.05) is 12.8 Å². The van der Waals surface area contributed by atoms with Crippen molar-refractivity contribution < 1.29 is 0 Å². The molecule has 4 heteroatoms. The molecule has 1 aliphatic rings. The number of thiazole rings is 1. The Balaban J connectivity index is 1.70. The molecule has 98 valence electrons. The van der Waals surface area contributed by atoms with Gasteiger partial charge in [0.25, 0.3) is 0 Å². The number of fused-ring (bicyclic) bond motifs is 1. The van der Waals surface area contributed by atoms with Crippen LogP contribution >= 0.6 is 11.3 Å². The third-order valence-electron chi connectivity index (χ3n) is 3.74. The van der Waals surface area contributed by atoms with Crippen LogP contribution in [0.1, 0.15) is 42.5 Å². The standard InChI is InChI=1S/C14H21N3S/c1-9(6-12-4-5-12)15-7-13-11(3)16-14-17(13)8-10(2)18-14/h8-9,12,15H,4-7H2,1-3H3. The molecule has 0 aliphatic heterocycles. The van der Waals surface area contributed by atoms with Gasteiger partial charge < -0.3 is 5.32 Å². The molecule has 1 saturated carbocycles. The monoisotopic (exact) mass is 263 g/mol. The number of aryl methyl sites for hydroxylation is 2. The largest absolute Gasteiger partial charge is 0.309 e. The van der Waals surface area contributed by atoms with Gasteiger partial charge in [-0.25, -0.2) is 4.98 Å². The lowest BCUT2D eigenvalue weighted by molar-refractivity contribution is 0.482. The van der Waals surface area contributed by atoms with E-state index in [4.69, 9.17) is 0 Å². The second kappa shape index (κ2) is 4.67. The van der Waals surface area contributed by atoms with Crippen LogP contribution in [-0.4, -0.2) is 15.4 Å². The van der Waals surface area contributed by atoms with Crippen molar-refractivity contribution >= 4 is 16.3 Å². The van der Waals surface area contributed by atoms with E-state index >= 15 is 0 Å². The van der Waals surface area contributed by atoms with Gasteiger partial charge in [-0.2, -0.15) is 0 Å². The molecule has 0 amide bonds. The average molecular weight is 263 g/mol. The van der Waals surface area contributed by atoms with Crippen LogP contribution in [0.5, 0.6) is 0 Å². The van der Waals surface area contributed by atoms with Crippen molar-refractivity contribution in [3.63, 3.8) is 0 Å². The normalized spacial score (nSPS) is 17.5. The van der Waals surface area contributed by atoms with Crippen molar-refractivity contribution in [2.24, 2.45) is 5.92 Å². The van der Waals surface area contributed by atoms with Crippen LogP contribution < -0.4 is 5.32 Å². The van der Waals surface area contributed by atoms with Crippen LogP contribution in [0.4, 0.5) is 0 Å². The molecule has 1 aliphatic carbocycles. The molecule has 18 heavy (non-hydrogen) atoms. The van der Waals surface area contributed by atoms with Gasteiger partial charge in [0.1, 0.15) is 0 Å². The van der Waals surface area contributed by atoms with Crippen molar-refractivity contribution in [3.8, 4) is 0 Å². The zero-order chi connectivity index (χ0) is 12.7. The van der Waals surface area contributed by atoms with Gasteiger partial charge in [-0.15, -0.1) is 11.3 Å². The summed E-state index contributed by atoms with van der Waals surface area (Å²) in [6.07, 6.45) is 6.39. The summed E-state index contributed by atoms with van der Waals surface area (Å²) in [5.41, 5.74) is 2.48. The minimum atomic E-state index is 0.613. The Hall–Kier alpha value is -0.870. The number of nitrogens with one attached hydrogen (secondary N) is 1. The SMILES string of the molecule is Cc1cn2c(CNC(C)CC3CC3)c(C)nc2s1. The summed E-state index contributed by atoms with van der Waals surface area (Å²) in [6.45, 7) is 7.47. The number of nitrogens with zero attached hydrogens (tertiary/aromatic N) is 2. The molecule has 3 nitrogen and oxygen atoms in total. The highest BCUT2D eigenvalue weighted by molar-refractivity contribution is 7.17. The summed E-state index contributed by atoms with van der Waals surface area (Å²) in [6, 6.07) is 0.613. The molecular formula is C14H21N3S. The molecule has 0 aromatic carbocycles. The number of aromatic nitrogens is 2. The smallest absolute Gasteiger partial charge is 0.194 e. The van der Waals surface area contributed by atoms with Crippen LogP contribution in [0.25, 0.3) is 4.96 Å².